The summed E-state index contributed by atoms with van der Waals surface area (Å²) >= 11 is 14.5. The fourth-order valence-electron chi connectivity index (χ4n) is 3.08. The Morgan fingerprint density at radius 3 is 2.88 bits per heavy atom. The normalized spacial score (nSPS) is 16.8. The van der Waals surface area contributed by atoms with Crippen molar-refractivity contribution in [1.29, 1.82) is 0 Å². The summed E-state index contributed by atoms with van der Waals surface area (Å²) < 4.78 is 1.89. The van der Waals surface area contributed by atoms with Gasteiger partial charge in [0, 0.05) is 41.2 Å². The average molecular weight is 391 g/mol. The van der Waals surface area contributed by atoms with E-state index in [1.54, 1.807) is 12.3 Å². The van der Waals surface area contributed by atoms with E-state index in [2.05, 4.69) is 10.3 Å². The van der Waals surface area contributed by atoms with E-state index < -0.39 is 0 Å². The molecule has 1 atom stereocenters. The van der Waals surface area contributed by atoms with Crippen molar-refractivity contribution < 1.29 is 0 Å². The van der Waals surface area contributed by atoms with E-state index in [-0.39, 0.29) is 5.25 Å². The minimum atomic E-state index is 0.0699. The maximum atomic E-state index is 6.53. The highest BCUT2D eigenvalue weighted by Crippen LogP contribution is 2.47. The van der Waals surface area contributed by atoms with Crippen LogP contribution in [0.5, 0.6) is 0 Å². The zero-order valence-electron chi connectivity index (χ0n) is 13.5. The van der Waals surface area contributed by atoms with Crippen molar-refractivity contribution in [2.45, 2.75) is 5.25 Å². The van der Waals surface area contributed by atoms with Crippen molar-refractivity contribution in [2.75, 3.05) is 17.6 Å². The van der Waals surface area contributed by atoms with Gasteiger partial charge in [0.1, 0.15) is 11.5 Å². The number of thioether (sulfide) groups is 1. The number of rotatable bonds is 2. The minimum absolute atomic E-state index is 0.0699. The lowest BCUT2D eigenvalue weighted by Gasteiger charge is -2.18. The third-order valence-electron chi connectivity index (χ3n) is 4.18. The highest BCUT2D eigenvalue weighted by molar-refractivity contribution is 7.99. The summed E-state index contributed by atoms with van der Waals surface area (Å²) in [5.74, 6) is 1.99. The summed E-state index contributed by atoms with van der Waals surface area (Å²) in [7, 11) is 1.95. The molecule has 0 saturated carbocycles. The van der Waals surface area contributed by atoms with Gasteiger partial charge in [-0.25, -0.2) is 0 Å². The zero-order valence-corrected chi connectivity index (χ0v) is 15.9. The van der Waals surface area contributed by atoms with E-state index in [9.17, 15) is 0 Å². The molecule has 0 spiro atoms. The van der Waals surface area contributed by atoms with Crippen LogP contribution in [0.1, 0.15) is 16.4 Å². The number of hydrogen-bond donors (Lipinski definition) is 1. The average Bonchev–Trinajstić information content (AvgIpc) is 2.79. The topological polar surface area (TPSA) is 42.7 Å². The first-order valence-electron chi connectivity index (χ1n) is 7.94. The molecule has 0 fully saturated rings. The van der Waals surface area contributed by atoms with Gasteiger partial charge >= 0.3 is 0 Å². The zero-order chi connectivity index (χ0) is 17.4. The van der Waals surface area contributed by atoms with E-state index in [1.807, 2.05) is 53.8 Å². The first kappa shape index (κ1) is 16.8. The molecule has 3 aromatic rings. The highest BCUT2D eigenvalue weighted by Gasteiger charge is 2.30. The maximum Gasteiger partial charge on any atom is 0.129 e. The quantitative estimate of drug-likeness (QED) is 0.665. The fourth-order valence-corrected chi connectivity index (χ4v) is 4.89. The van der Waals surface area contributed by atoms with Crippen molar-refractivity contribution in [1.82, 2.24) is 14.8 Å². The van der Waals surface area contributed by atoms with Crippen molar-refractivity contribution >= 4 is 40.8 Å². The van der Waals surface area contributed by atoms with E-state index in [4.69, 9.17) is 28.3 Å². The lowest BCUT2D eigenvalue weighted by Crippen LogP contribution is -2.06. The summed E-state index contributed by atoms with van der Waals surface area (Å²) in [6.07, 6.45) is 1.79. The number of halogens is 2. The van der Waals surface area contributed by atoms with Crippen LogP contribution in [-0.2, 0) is 7.05 Å². The molecule has 4 nitrogen and oxygen atoms in total. The molecular formula is C18H16Cl2N4S. The highest BCUT2D eigenvalue weighted by atomic mass is 35.5. The van der Waals surface area contributed by atoms with Gasteiger partial charge in [0.15, 0.2) is 0 Å². The Bertz CT molecular complexity index is 911. The second kappa shape index (κ2) is 6.90. The van der Waals surface area contributed by atoms with Crippen LogP contribution < -0.4 is 5.32 Å². The van der Waals surface area contributed by atoms with Gasteiger partial charge in [-0.05, 0) is 29.8 Å². The molecule has 1 aromatic carbocycles. The molecule has 25 heavy (non-hydrogen) atoms. The number of aryl methyl sites for hydroxylation is 1. The van der Waals surface area contributed by atoms with Crippen molar-refractivity contribution in [3.63, 3.8) is 0 Å². The number of nitrogens with one attached hydrogen (secondary N) is 1. The van der Waals surface area contributed by atoms with Crippen LogP contribution in [0.25, 0.3) is 11.4 Å². The molecule has 3 heterocycles. The van der Waals surface area contributed by atoms with E-state index >= 15 is 0 Å². The van der Waals surface area contributed by atoms with E-state index in [0.29, 0.717) is 10.0 Å². The Morgan fingerprint density at radius 1 is 1.24 bits per heavy atom. The lowest BCUT2D eigenvalue weighted by molar-refractivity contribution is 0.773. The molecule has 2 aromatic heterocycles. The number of benzene rings is 1. The Morgan fingerprint density at radius 2 is 2.12 bits per heavy atom. The largest absolute Gasteiger partial charge is 0.369 e. The van der Waals surface area contributed by atoms with Gasteiger partial charge in [0.2, 0.25) is 0 Å². The number of anilines is 1. The predicted octanol–water partition coefficient (Wildman–Crippen LogP) is 5.04. The van der Waals surface area contributed by atoms with Crippen LogP contribution >= 0.6 is 35.0 Å². The van der Waals surface area contributed by atoms with Gasteiger partial charge in [-0.15, -0.1) is 11.8 Å². The second-order valence-corrected chi connectivity index (χ2v) is 7.85. The van der Waals surface area contributed by atoms with Crippen molar-refractivity contribution in [2.24, 2.45) is 7.05 Å². The van der Waals surface area contributed by atoms with Crippen LogP contribution in [-0.4, -0.2) is 27.1 Å². The Labute approximate surface area is 160 Å². The Balaban J connectivity index is 1.92. The second-order valence-electron chi connectivity index (χ2n) is 5.79. The van der Waals surface area contributed by atoms with Gasteiger partial charge in [0.05, 0.1) is 10.9 Å². The van der Waals surface area contributed by atoms with Gasteiger partial charge in [-0.1, -0.05) is 35.3 Å². The molecule has 1 aliphatic heterocycles. The standard InChI is InChI=1S/C18H16Cl2N4S/c1-24-18-15(16(23-24)14-4-2-3-7-21-14)17(25-9-8-22-18)12-6-5-11(19)10-13(12)20/h2-7,10,17,22H,8-9H2,1H3. The summed E-state index contributed by atoms with van der Waals surface area (Å²) in [6.45, 7) is 0.876. The predicted molar refractivity (Wildman–Crippen MR) is 106 cm³/mol. The maximum absolute atomic E-state index is 6.53. The molecule has 0 bridgehead atoms. The number of aromatic nitrogens is 3. The SMILES string of the molecule is Cn1nc(-c2ccccn2)c2c1NCCSC2c1ccc(Cl)cc1Cl. The fraction of sp³-hybridized carbons (Fsp3) is 0.222. The number of fused-ring (bicyclic) bond motifs is 1. The lowest BCUT2D eigenvalue weighted by atomic mass is 10.0. The first-order chi connectivity index (χ1) is 12.1. The number of pyridine rings is 1. The van der Waals surface area contributed by atoms with Crippen LogP contribution in [0.2, 0.25) is 10.0 Å². The van der Waals surface area contributed by atoms with Crippen LogP contribution in [0.15, 0.2) is 42.6 Å². The first-order valence-corrected chi connectivity index (χ1v) is 9.74. The molecule has 4 rings (SSSR count). The summed E-state index contributed by atoms with van der Waals surface area (Å²) in [5, 5.41) is 9.62. The summed E-state index contributed by atoms with van der Waals surface area (Å²) in [6, 6.07) is 11.6. The molecule has 1 aliphatic rings. The summed E-state index contributed by atoms with van der Waals surface area (Å²) in [4.78, 5) is 4.50. The number of nitrogens with zero attached hydrogens (tertiary/aromatic N) is 3. The van der Waals surface area contributed by atoms with Crippen LogP contribution in [0, 0.1) is 0 Å². The van der Waals surface area contributed by atoms with Crippen molar-refractivity contribution in [3.8, 4) is 11.4 Å². The molecule has 0 amide bonds. The van der Waals surface area contributed by atoms with Crippen LogP contribution in [0.3, 0.4) is 0 Å². The molecule has 1 unspecified atom stereocenters. The van der Waals surface area contributed by atoms with E-state index in [0.717, 1.165) is 40.6 Å². The summed E-state index contributed by atoms with van der Waals surface area (Å²) in [5.41, 5.74) is 3.91. The van der Waals surface area contributed by atoms with Gasteiger partial charge in [0.25, 0.3) is 0 Å². The molecule has 128 valence electrons. The Hall–Kier alpha value is -1.69. The molecule has 1 N–H and O–H groups in total. The number of hydrogen-bond acceptors (Lipinski definition) is 4. The molecule has 7 heteroatoms. The third kappa shape index (κ3) is 3.12. The monoisotopic (exact) mass is 390 g/mol. The van der Waals surface area contributed by atoms with Crippen LogP contribution in [0.4, 0.5) is 5.82 Å². The molecule has 0 radical (unpaired) electrons. The third-order valence-corrected chi connectivity index (χ3v) is 6.00. The smallest absolute Gasteiger partial charge is 0.129 e. The van der Waals surface area contributed by atoms with Gasteiger partial charge in [-0.3, -0.25) is 9.67 Å². The van der Waals surface area contributed by atoms with Gasteiger partial charge < -0.3 is 5.32 Å². The Kier molecular flexibility index (Phi) is 4.63. The molecule has 0 saturated heterocycles. The van der Waals surface area contributed by atoms with Crippen molar-refractivity contribution in [3.05, 3.63) is 63.8 Å². The molecular weight excluding hydrogens is 375 g/mol. The van der Waals surface area contributed by atoms with E-state index in [1.165, 1.54) is 0 Å². The minimum Gasteiger partial charge on any atom is -0.369 e. The molecule has 0 aliphatic carbocycles. The van der Waals surface area contributed by atoms with Gasteiger partial charge in [-0.2, -0.15) is 5.10 Å².